The van der Waals surface area contributed by atoms with Crippen LogP contribution in [0.2, 0.25) is 5.15 Å². The number of fused-ring (bicyclic) bond motifs is 4. The van der Waals surface area contributed by atoms with Gasteiger partial charge in [0, 0.05) is 17.4 Å². The van der Waals surface area contributed by atoms with Gasteiger partial charge >= 0.3 is 5.97 Å². The highest BCUT2D eigenvalue weighted by molar-refractivity contribution is 7.25. The summed E-state index contributed by atoms with van der Waals surface area (Å²) in [6, 6.07) is 2.03. The maximum absolute atomic E-state index is 12.0. The normalized spacial score (nSPS) is 16.2. The number of hydrogen-bond acceptors (Lipinski definition) is 7. The summed E-state index contributed by atoms with van der Waals surface area (Å²) in [5.74, 6) is -0.615. The molecule has 0 spiro atoms. The molecule has 3 aromatic heterocycles. The van der Waals surface area contributed by atoms with E-state index in [9.17, 15) is 4.79 Å². The lowest BCUT2D eigenvalue weighted by molar-refractivity contribution is -0.0411. The smallest absolute Gasteiger partial charge is 0.376 e. The zero-order valence-corrected chi connectivity index (χ0v) is 15.6. The number of nitrogens with zero attached hydrogens (tertiary/aromatic N) is 3. The Morgan fingerprint density at radius 1 is 1.40 bits per heavy atom. The lowest BCUT2D eigenvalue weighted by atomic mass is 9.95. The molecule has 1 aliphatic rings. The van der Waals surface area contributed by atoms with Crippen LogP contribution in [-0.2, 0) is 22.5 Å². The Hall–Kier alpha value is -1.83. The molecule has 8 heteroatoms. The number of carbonyl (C=O) groups excluding carboxylic acids is 1. The van der Waals surface area contributed by atoms with E-state index in [-0.39, 0.29) is 23.2 Å². The molecule has 4 heterocycles. The number of hydrogen-bond donors (Lipinski definition) is 0. The molecule has 0 fully saturated rings. The Morgan fingerprint density at radius 2 is 2.20 bits per heavy atom. The van der Waals surface area contributed by atoms with Crippen molar-refractivity contribution in [3.8, 4) is 0 Å². The second-order valence-electron chi connectivity index (χ2n) is 6.51. The topological polar surface area (TPSA) is 74.2 Å². The number of carbonyl (C=O) groups is 1. The highest BCUT2D eigenvalue weighted by Crippen LogP contribution is 2.38. The van der Waals surface area contributed by atoms with Crippen molar-refractivity contribution in [2.24, 2.45) is 0 Å². The quantitative estimate of drug-likeness (QED) is 0.497. The molecule has 4 rings (SSSR count). The van der Waals surface area contributed by atoms with Crippen LogP contribution in [0.15, 0.2) is 6.07 Å². The van der Waals surface area contributed by atoms with Gasteiger partial charge in [0.05, 0.1) is 34.7 Å². The number of ether oxygens (including phenoxy) is 2. The zero-order chi connectivity index (χ0) is 17.8. The third-order valence-corrected chi connectivity index (χ3v) is 5.58. The SMILES string of the molecule is CCOC(=O)c1nc(Cl)c2sc3nc4c(cc3c2n1)COC(C)(C)C4. The Labute approximate surface area is 153 Å². The zero-order valence-electron chi connectivity index (χ0n) is 14.1. The number of esters is 1. The second kappa shape index (κ2) is 5.86. The van der Waals surface area contributed by atoms with E-state index >= 15 is 0 Å². The predicted octanol–water partition coefficient (Wildman–Crippen LogP) is 3.92. The Bertz CT molecular complexity index is 1020. The van der Waals surface area contributed by atoms with Crippen molar-refractivity contribution in [1.82, 2.24) is 15.0 Å². The maximum Gasteiger partial charge on any atom is 0.376 e. The van der Waals surface area contributed by atoms with Gasteiger partial charge < -0.3 is 9.47 Å². The lowest BCUT2D eigenvalue weighted by Gasteiger charge is -2.30. The average Bonchev–Trinajstić information content (AvgIpc) is 2.90. The summed E-state index contributed by atoms with van der Waals surface area (Å²) in [6.45, 7) is 6.60. The highest BCUT2D eigenvalue weighted by atomic mass is 35.5. The van der Waals surface area contributed by atoms with Crippen LogP contribution in [0.5, 0.6) is 0 Å². The second-order valence-corrected chi connectivity index (χ2v) is 7.87. The first-order chi connectivity index (χ1) is 11.9. The van der Waals surface area contributed by atoms with Crippen molar-refractivity contribution in [3.63, 3.8) is 0 Å². The average molecular weight is 378 g/mol. The van der Waals surface area contributed by atoms with E-state index in [1.165, 1.54) is 11.3 Å². The van der Waals surface area contributed by atoms with E-state index < -0.39 is 5.97 Å². The van der Waals surface area contributed by atoms with Gasteiger partial charge in [-0.15, -0.1) is 11.3 Å². The summed E-state index contributed by atoms with van der Waals surface area (Å²) in [5.41, 5.74) is 2.48. The van der Waals surface area contributed by atoms with E-state index in [4.69, 9.17) is 26.1 Å². The molecular weight excluding hydrogens is 362 g/mol. The van der Waals surface area contributed by atoms with Crippen molar-refractivity contribution >= 4 is 49.3 Å². The van der Waals surface area contributed by atoms with Gasteiger partial charge in [0.1, 0.15) is 4.83 Å². The van der Waals surface area contributed by atoms with Crippen LogP contribution in [0.1, 0.15) is 42.6 Å². The monoisotopic (exact) mass is 377 g/mol. The standard InChI is InChI=1S/C17H16ClN3O3S/c1-4-23-16(22)14-20-11-9-5-8-7-24-17(2,3)6-10(8)19-15(9)25-12(11)13(18)21-14/h5H,4,6-7H2,1-3H3. The summed E-state index contributed by atoms with van der Waals surface area (Å²) in [5, 5.41) is 1.10. The van der Waals surface area contributed by atoms with Gasteiger partial charge in [-0.2, -0.15) is 0 Å². The maximum atomic E-state index is 12.0. The summed E-state index contributed by atoms with van der Waals surface area (Å²) >= 11 is 7.72. The summed E-state index contributed by atoms with van der Waals surface area (Å²) in [7, 11) is 0. The molecule has 0 amide bonds. The van der Waals surface area contributed by atoms with Gasteiger partial charge in [0.25, 0.3) is 0 Å². The van der Waals surface area contributed by atoms with Crippen molar-refractivity contribution in [3.05, 3.63) is 28.3 Å². The summed E-state index contributed by atoms with van der Waals surface area (Å²) in [4.78, 5) is 26.1. The Balaban J connectivity index is 1.92. The highest BCUT2D eigenvalue weighted by Gasteiger charge is 2.28. The van der Waals surface area contributed by atoms with E-state index in [0.29, 0.717) is 12.1 Å². The fourth-order valence-electron chi connectivity index (χ4n) is 2.91. The number of pyridine rings is 1. The van der Waals surface area contributed by atoms with Crippen LogP contribution in [0.25, 0.3) is 20.4 Å². The minimum absolute atomic E-state index is 0.0332. The molecular formula is C17H16ClN3O3S. The van der Waals surface area contributed by atoms with E-state index in [2.05, 4.69) is 23.8 Å². The van der Waals surface area contributed by atoms with Crippen LogP contribution in [0.4, 0.5) is 0 Å². The summed E-state index contributed by atoms with van der Waals surface area (Å²) < 4.78 is 11.6. The molecule has 0 atom stereocenters. The van der Waals surface area contributed by atoms with E-state index in [1.54, 1.807) is 6.92 Å². The number of thiophene rings is 1. The molecule has 0 aromatic carbocycles. The van der Waals surface area contributed by atoms with Crippen molar-refractivity contribution < 1.29 is 14.3 Å². The minimum Gasteiger partial charge on any atom is -0.460 e. The molecule has 0 saturated carbocycles. The van der Waals surface area contributed by atoms with Crippen molar-refractivity contribution in [1.29, 1.82) is 0 Å². The fraction of sp³-hybridized carbons (Fsp3) is 0.412. The first-order valence-electron chi connectivity index (χ1n) is 7.97. The fourth-order valence-corrected chi connectivity index (χ4v) is 4.19. The van der Waals surface area contributed by atoms with Gasteiger partial charge in [0.2, 0.25) is 5.82 Å². The van der Waals surface area contributed by atoms with Crippen LogP contribution in [-0.4, -0.2) is 33.1 Å². The first-order valence-corrected chi connectivity index (χ1v) is 9.17. The molecule has 0 radical (unpaired) electrons. The molecule has 0 saturated heterocycles. The number of rotatable bonds is 2. The van der Waals surface area contributed by atoms with Crippen LogP contribution >= 0.6 is 22.9 Å². The molecule has 0 aliphatic carbocycles. The molecule has 0 N–H and O–H groups in total. The number of aromatic nitrogens is 3. The Morgan fingerprint density at radius 3 is 2.96 bits per heavy atom. The van der Waals surface area contributed by atoms with E-state index in [0.717, 1.165) is 32.6 Å². The first kappa shape index (κ1) is 16.6. The van der Waals surface area contributed by atoms with Crippen LogP contribution < -0.4 is 0 Å². The molecule has 1 aliphatic heterocycles. The molecule has 6 nitrogen and oxygen atoms in total. The molecule has 0 unspecified atom stereocenters. The molecule has 130 valence electrons. The van der Waals surface area contributed by atoms with Crippen molar-refractivity contribution in [2.45, 2.75) is 39.4 Å². The Kier molecular flexibility index (Phi) is 3.90. The summed E-state index contributed by atoms with van der Waals surface area (Å²) in [6.07, 6.45) is 0.750. The largest absolute Gasteiger partial charge is 0.460 e. The van der Waals surface area contributed by atoms with Gasteiger partial charge in [-0.3, -0.25) is 0 Å². The van der Waals surface area contributed by atoms with E-state index in [1.807, 2.05) is 6.07 Å². The molecule has 25 heavy (non-hydrogen) atoms. The third-order valence-electron chi connectivity index (χ3n) is 4.10. The number of halogens is 1. The van der Waals surface area contributed by atoms with Gasteiger partial charge in [-0.1, -0.05) is 11.6 Å². The van der Waals surface area contributed by atoms with Crippen LogP contribution in [0, 0.1) is 0 Å². The van der Waals surface area contributed by atoms with Gasteiger partial charge in [0.15, 0.2) is 5.15 Å². The third kappa shape index (κ3) is 2.86. The van der Waals surface area contributed by atoms with Gasteiger partial charge in [-0.05, 0) is 26.8 Å². The minimum atomic E-state index is -0.582. The predicted molar refractivity (Wildman–Crippen MR) is 96.3 cm³/mol. The van der Waals surface area contributed by atoms with Crippen molar-refractivity contribution in [2.75, 3.05) is 6.61 Å². The molecule has 3 aromatic rings. The van der Waals surface area contributed by atoms with Gasteiger partial charge in [-0.25, -0.2) is 19.7 Å². The van der Waals surface area contributed by atoms with Crippen LogP contribution in [0.3, 0.4) is 0 Å². The molecule has 0 bridgehead atoms. The lowest BCUT2D eigenvalue weighted by Crippen LogP contribution is -2.32.